The molecule has 0 saturated heterocycles. The van der Waals surface area contributed by atoms with Gasteiger partial charge in [0.2, 0.25) is 0 Å². The number of aliphatic hydroxyl groups is 1. The Labute approximate surface area is 158 Å². The highest BCUT2D eigenvalue weighted by Crippen LogP contribution is 2.38. The van der Waals surface area contributed by atoms with E-state index in [1.165, 1.54) is 10.4 Å². The van der Waals surface area contributed by atoms with Gasteiger partial charge in [-0.25, -0.2) is 0 Å². The Morgan fingerprint density at radius 1 is 0.885 bits per heavy atom. The quantitative estimate of drug-likeness (QED) is 0.836. The van der Waals surface area contributed by atoms with Crippen molar-refractivity contribution in [1.82, 2.24) is 0 Å². The molecule has 0 heterocycles. The predicted octanol–water partition coefficient (Wildman–Crippen LogP) is 3.81. The van der Waals surface area contributed by atoms with Crippen LogP contribution in [0.1, 0.15) is 27.7 Å². The fraction of sp³-hybridized carbons (Fsp3) is 0.304. The van der Waals surface area contributed by atoms with E-state index < -0.39 is 14.4 Å². The minimum absolute atomic E-state index is 0.0989. The summed E-state index contributed by atoms with van der Waals surface area (Å²) >= 11 is 0. The molecule has 0 fully saturated rings. The number of aliphatic hydroxyl groups excluding tert-OH is 1. The van der Waals surface area contributed by atoms with E-state index in [1.54, 1.807) is 0 Å². The van der Waals surface area contributed by atoms with E-state index >= 15 is 0 Å². The summed E-state index contributed by atoms with van der Waals surface area (Å²) in [4.78, 5) is 0. The average Bonchev–Trinajstić information content (AvgIpc) is 2.63. The maximum Gasteiger partial charge on any atom is 0.262 e. The third-order valence-corrected chi connectivity index (χ3v) is 10.2. The first-order valence-corrected chi connectivity index (χ1v) is 11.1. The second-order valence-electron chi connectivity index (χ2n) is 7.99. The molecule has 0 unspecified atom stereocenters. The van der Waals surface area contributed by atoms with Gasteiger partial charge in [-0.1, -0.05) is 99.7 Å². The second kappa shape index (κ2) is 7.35. The van der Waals surface area contributed by atoms with Crippen LogP contribution >= 0.6 is 0 Å². The van der Waals surface area contributed by atoms with Crippen LogP contribution in [0, 0.1) is 0 Å². The van der Waals surface area contributed by atoms with Gasteiger partial charge in [-0.3, -0.25) is 0 Å². The smallest absolute Gasteiger partial charge is 0.262 e. The van der Waals surface area contributed by atoms with Crippen LogP contribution in [0.3, 0.4) is 0 Å². The standard InChI is InChI=1S/C23H28O2Si/c1-18-12-11-17-21(22(18)24)25-26(23(2,3)4,19-13-7-5-8-14-19)20-15-9-6-10-16-20/h5-17,21-22,24H,1-4H3/t21-,22+/m0/s1. The summed E-state index contributed by atoms with van der Waals surface area (Å²) in [5, 5.41) is 13.1. The largest absolute Gasteiger partial charge is 0.398 e. The normalized spacial score (nSPS) is 20.7. The molecule has 3 heteroatoms. The fourth-order valence-corrected chi connectivity index (χ4v) is 8.41. The molecule has 26 heavy (non-hydrogen) atoms. The van der Waals surface area contributed by atoms with Gasteiger partial charge in [0.1, 0.15) is 6.10 Å². The summed E-state index contributed by atoms with van der Waals surface area (Å²) in [5.74, 6) is 0. The first kappa shape index (κ1) is 18.8. The van der Waals surface area contributed by atoms with Crippen LogP contribution in [0.4, 0.5) is 0 Å². The molecule has 0 bridgehead atoms. The number of hydrogen-bond donors (Lipinski definition) is 1. The van der Waals surface area contributed by atoms with Crippen LogP contribution < -0.4 is 10.4 Å². The molecule has 0 aromatic heterocycles. The van der Waals surface area contributed by atoms with Gasteiger partial charge in [-0.05, 0) is 27.9 Å². The molecule has 0 spiro atoms. The lowest BCUT2D eigenvalue weighted by Gasteiger charge is -2.45. The van der Waals surface area contributed by atoms with E-state index in [9.17, 15) is 5.11 Å². The summed E-state index contributed by atoms with van der Waals surface area (Å²) in [5.41, 5.74) is 0.940. The predicted molar refractivity (Wildman–Crippen MR) is 111 cm³/mol. The van der Waals surface area contributed by atoms with E-state index in [2.05, 4.69) is 69.3 Å². The molecule has 0 aliphatic heterocycles. The SMILES string of the molecule is CC1=CC=C[C@H](O[Si](c2ccccc2)(c2ccccc2)C(C)(C)C)[C@@H]1O. The summed E-state index contributed by atoms with van der Waals surface area (Å²) in [7, 11) is -2.65. The molecule has 0 amide bonds. The monoisotopic (exact) mass is 364 g/mol. The van der Waals surface area contributed by atoms with Crippen molar-refractivity contribution in [3.05, 3.63) is 84.5 Å². The van der Waals surface area contributed by atoms with Crippen molar-refractivity contribution in [2.24, 2.45) is 0 Å². The summed E-state index contributed by atoms with van der Waals surface area (Å²) < 4.78 is 6.96. The molecule has 1 aliphatic rings. The Bertz CT molecular complexity index is 748. The molecular formula is C23H28O2Si. The highest BCUT2D eigenvalue weighted by Gasteiger charge is 2.52. The van der Waals surface area contributed by atoms with E-state index in [0.717, 1.165) is 5.57 Å². The Kier molecular flexibility index (Phi) is 5.33. The van der Waals surface area contributed by atoms with Crippen LogP contribution in [0.2, 0.25) is 5.04 Å². The first-order chi connectivity index (χ1) is 12.4. The molecule has 2 aromatic rings. The first-order valence-electron chi connectivity index (χ1n) is 9.18. The zero-order valence-electron chi connectivity index (χ0n) is 16.0. The van der Waals surface area contributed by atoms with Gasteiger partial charge in [0.05, 0.1) is 6.10 Å². The van der Waals surface area contributed by atoms with Gasteiger partial charge in [0.25, 0.3) is 8.32 Å². The van der Waals surface area contributed by atoms with Gasteiger partial charge in [0, 0.05) is 0 Å². The van der Waals surface area contributed by atoms with Crippen molar-refractivity contribution < 1.29 is 9.53 Å². The Balaban J connectivity index is 2.18. The van der Waals surface area contributed by atoms with Gasteiger partial charge in [-0.15, -0.1) is 0 Å². The summed E-state index contributed by atoms with van der Waals surface area (Å²) in [6.45, 7) is 8.71. The van der Waals surface area contributed by atoms with E-state index in [4.69, 9.17) is 4.43 Å². The van der Waals surface area contributed by atoms with E-state index in [0.29, 0.717) is 0 Å². The lowest BCUT2D eigenvalue weighted by Crippen LogP contribution is -2.68. The highest BCUT2D eigenvalue weighted by molar-refractivity contribution is 6.99. The van der Waals surface area contributed by atoms with E-state index in [-0.39, 0.29) is 11.1 Å². The van der Waals surface area contributed by atoms with E-state index in [1.807, 2.05) is 37.3 Å². The molecule has 0 saturated carbocycles. The summed E-state index contributed by atoms with van der Waals surface area (Å²) in [6, 6.07) is 21.1. The molecule has 2 aromatic carbocycles. The van der Waals surface area contributed by atoms with Crippen LogP contribution in [-0.2, 0) is 4.43 Å². The summed E-state index contributed by atoms with van der Waals surface area (Å²) in [6.07, 6.45) is 4.98. The number of hydrogen-bond acceptors (Lipinski definition) is 2. The molecule has 1 aliphatic carbocycles. The molecule has 0 radical (unpaired) electrons. The second-order valence-corrected chi connectivity index (χ2v) is 12.2. The minimum atomic E-state index is -2.65. The van der Waals surface area contributed by atoms with Crippen LogP contribution in [-0.4, -0.2) is 25.6 Å². The van der Waals surface area contributed by atoms with Crippen molar-refractivity contribution in [3.63, 3.8) is 0 Å². The third-order valence-electron chi connectivity index (χ3n) is 5.17. The lowest BCUT2D eigenvalue weighted by atomic mass is 10.0. The molecule has 1 N–H and O–H groups in total. The maximum absolute atomic E-state index is 10.7. The van der Waals surface area contributed by atoms with Crippen LogP contribution in [0.15, 0.2) is 84.5 Å². The molecule has 2 nitrogen and oxygen atoms in total. The zero-order chi connectivity index (χ0) is 18.8. The number of rotatable bonds is 4. The molecule has 3 rings (SSSR count). The Hall–Kier alpha value is -1.94. The third kappa shape index (κ3) is 3.35. The van der Waals surface area contributed by atoms with Crippen molar-refractivity contribution in [1.29, 1.82) is 0 Å². The maximum atomic E-state index is 10.7. The molecule has 136 valence electrons. The van der Waals surface area contributed by atoms with Gasteiger partial charge < -0.3 is 9.53 Å². The molecule has 2 atom stereocenters. The lowest BCUT2D eigenvalue weighted by molar-refractivity contribution is 0.0811. The zero-order valence-corrected chi connectivity index (χ0v) is 17.0. The van der Waals surface area contributed by atoms with Crippen molar-refractivity contribution >= 4 is 18.7 Å². The van der Waals surface area contributed by atoms with Gasteiger partial charge >= 0.3 is 0 Å². The Morgan fingerprint density at radius 2 is 1.38 bits per heavy atom. The topological polar surface area (TPSA) is 29.5 Å². The minimum Gasteiger partial charge on any atom is -0.398 e. The van der Waals surface area contributed by atoms with Gasteiger partial charge in [-0.2, -0.15) is 0 Å². The number of allylic oxidation sites excluding steroid dienone is 2. The average molecular weight is 365 g/mol. The van der Waals surface area contributed by atoms with Gasteiger partial charge in [0.15, 0.2) is 0 Å². The van der Waals surface area contributed by atoms with Crippen molar-refractivity contribution in [3.8, 4) is 0 Å². The van der Waals surface area contributed by atoms with Crippen molar-refractivity contribution in [2.75, 3.05) is 0 Å². The highest BCUT2D eigenvalue weighted by atomic mass is 28.4. The Morgan fingerprint density at radius 3 is 1.85 bits per heavy atom. The van der Waals surface area contributed by atoms with Crippen LogP contribution in [0.25, 0.3) is 0 Å². The van der Waals surface area contributed by atoms with Crippen LogP contribution in [0.5, 0.6) is 0 Å². The van der Waals surface area contributed by atoms with Crippen molar-refractivity contribution in [2.45, 2.75) is 44.9 Å². The molecular weight excluding hydrogens is 336 g/mol. The fourth-order valence-electron chi connectivity index (χ4n) is 3.78. The number of benzene rings is 2.